The van der Waals surface area contributed by atoms with Crippen LogP contribution < -0.4 is 5.32 Å². The van der Waals surface area contributed by atoms with E-state index >= 15 is 0 Å². The summed E-state index contributed by atoms with van der Waals surface area (Å²) in [6.45, 7) is 5.05. The second kappa shape index (κ2) is 8.00. The fourth-order valence-corrected chi connectivity index (χ4v) is 3.35. The molecule has 0 aromatic heterocycles. The van der Waals surface area contributed by atoms with E-state index in [4.69, 9.17) is 4.74 Å². The molecule has 2 aliphatic heterocycles. The molecular weight excluding hydrogens is 322 g/mol. The monoisotopic (exact) mass is 345 g/mol. The number of hydrogen-bond donors (Lipinski definition) is 1. The summed E-state index contributed by atoms with van der Waals surface area (Å²) in [4.78, 5) is 16.4. The third kappa shape index (κ3) is 4.46. The van der Waals surface area contributed by atoms with Gasteiger partial charge in [0.25, 0.3) is 0 Å². The quantitative estimate of drug-likeness (QED) is 0.826. The van der Waals surface area contributed by atoms with Crippen LogP contribution in [-0.2, 0) is 4.74 Å². The Morgan fingerprint density at radius 1 is 1.55 bits per heavy atom. The fraction of sp³-hybridized carbons (Fsp3) is 0.786. The van der Waals surface area contributed by atoms with Gasteiger partial charge in [0, 0.05) is 37.3 Å². The van der Waals surface area contributed by atoms with E-state index in [9.17, 15) is 4.79 Å². The molecule has 0 bridgehead atoms. The number of amides is 2. The van der Waals surface area contributed by atoms with Crippen LogP contribution in [0.1, 0.15) is 19.3 Å². The van der Waals surface area contributed by atoms with Gasteiger partial charge < -0.3 is 15.0 Å². The summed E-state index contributed by atoms with van der Waals surface area (Å²) in [5.41, 5.74) is 0. The number of carbonyl (C=O) groups is 1. The average molecular weight is 346 g/mol. The van der Waals surface area contributed by atoms with Crippen molar-refractivity contribution >= 4 is 22.0 Å². The van der Waals surface area contributed by atoms with E-state index < -0.39 is 0 Å². The van der Waals surface area contributed by atoms with Crippen LogP contribution in [0.3, 0.4) is 0 Å². The zero-order valence-electron chi connectivity index (χ0n) is 12.1. The molecule has 1 saturated heterocycles. The average Bonchev–Trinajstić information content (AvgIpc) is 2.90. The minimum absolute atomic E-state index is 0.0497. The minimum atomic E-state index is 0.0497. The van der Waals surface area contributed by atoms with Crippen molar-refractivity contribution in [2.45, 2.75) is 25.3 Å². The lowest BCUT2D eigenvalue weighted by Crippen LogP contribution is -2.47. The summed E-state index contributed by atoms with van der Waals surface area (Å²) in [6.07, 6.45) is 5.43. The SMILES string of the molecule is COCCN1CCCC1CNC(=O)N1CCC=C(Br)C1. The molecule has 1 fully saturated rings. The number of carbonyl (C=O) groups excluding carboxylic acids is 1. The molecule has 5 nitrogen and oxygen atoms in total. The smallest absolute Gasteiger partial charge is 0.317 e. The molecule has 2 aliphatic rings. The van der Waals surface area contributed by atoms with E-state index in [0.717, 1.165) is 50.1 Å². The Bertz CT molecular complexity index is 362. The van der Waals surface area contributed by atoms with Crippen molar-refractivity contribution in [2.75, 3.05) is 46.4 Å². The molecule has 0 aromatic carbocycles. The predicted molar refractivity (Wildman–Crippen MR) is 83.1 cm³/mol. The van der Waals surface area contributed by atoms with E-state index in [1.54, 1.807) is 7.11 Å². The van der Waals surface area contributed by atoms with Crippen molar-refractivity contribution in [1.29, 1.82) is 0 Å². The molecule has 20 heavy (non-hydrogen) atoms. The van der Waals surface area contributed by atoms with E-state index in [0.29, 0.717) is 12.6 Å². The summed E-state index contributed by atoms with van der Waals surface area (Å²) in [7, 11) is 1.73. The number of nitrogens with zero attached hydrogens (tertiary/aromatic N) is 2. The molecule has 2 amide bonds. The summed E-state index contributed by atoms with van der Waals surface area (Å²) in [6, 6.07) is 0.506. The van der Waals surface area contributed by atoms with Gasteiger partial charge in [-0.2, -0.15) is 0 Å². The highest BCUT2D eigenvalue weighted by molar-refractivity contribution is 9.11. The maximum atomic E-state index is 12.1. The summed E-state index contributed by atoms with van der Waals surface area (Å²) >= 11 is 3.47. The lowest BCUT2D eigenvalue weighted by Gasteiger charge is -2.28. The molecule has 0 aliphatic carbocycles. The summed E-state index contributed by atoms with van der Waals surface area (Å²) < 4.78 is 6.23. The van der Waals surface area contributed by atoms with Gasteiger partial charge in [-0.05, 0) is 25.8 Å². The maximum absolute atomic E-state index is 12.1. The van der Waals surface area contributed by atoms with Crippen molar-refractivity contribution in [1.82, 2.24) is 15.1 Å². The Hall–Kier alpha value is -0.590. The molecule has 0 spiro atoms. The van der Waals surface area contributed by atoms with Crippen LogP contribution in [0.15, 0.2) is 10.6 Å². The van der Waals surface area contributed by atoms with Gasteiger partial charge in [-0.25, -0.2) is 4.79 Å². The molecule has 6 heteroatoms. The molecule has 1 N–H and O–H groups in total. The first-order valence-corrected chi connectivity index (χ1v) is 8.10. The standard InChI is InChI=1S/C14H24BrN3O2/c1-20-9-8-17-6-3-5-13(17)10-16-14(19)18-7-2-4-12(15)11-18/h4,13H,2-3,5-11H2,1H3,(H,16,19). The van der Waals surface area contributed by atoms with Gasteiger partial charge in [0.15, 0.2) is 0 Å². The van der Waals surface area contributed by atoms with Gasteiger partial charge in [0.05, 0.1) is 13.2 Å². The van der Waals surface area contributed by atoms with Crippen LogP contribution >= 0.6 is 15.9 Å². The molecular formula is C14H24BrN3O2. The molecule has 2 rings (SSSR count). The van der Waals surface area contributed by atoms with Gasteiger partial charge >= 0.3 is 6.03 Å². The highest BCUT2D eigenvalue weighted by Crippen LogP contribution is 2.17. The number of hydrogen-bond acceptors (Lipinski definition) is 3. The van der Waals surface area contributed by atoms with Crippen molar-refractivity contribution in [3.05, 3.63) is 10.6 Å². The second-order valence-electron chi connectivity index (χ2n) is 5.37. The van der Waals surface area contributed by atoms with Gasteiger partial charge in [-0.1, -0.05) is 22.0 Å². The number of urea groups is 1. The Labute approximate surface area is 129 Å². The van der Waals surface area contributed by atoms with Crippen molar-refractivity contribution in [3.8, 4) is 0 Å². The first-order chi connectivity index (χ1) is 9.70. The maximum Gasteiger partial charge on any atom is 0.317 e. The number of ether oxygens (including phenoxy) is 1. The van der Waals surface area contributed by atoms with E-state index in [1.165, 1.54) is 6.42 Å². The van der Waals surface area contributed by atoms with Gasteiger partial charge in [0.1, 0.15) is 0 Å². The van der Waals surface area contributed by atoms with E-state index in [-0.39, 0.29) is 6.03 Å². The van der Waals surface area contributed by atoms with E-state index in [2.05, 4.69) is 32.2 Å². The zero-order chi connectivity index (χ0) is 14.4. The van der Waals surface area contributed by atoms with E-state index in [1.807, 2.05) is 4.90 Å². The number of nitrogens with one attached hydrogen (secondary N) is 1. The third-order valence-corrected chi connectivity index (χ3v) is 4.54. The molecule has 0 radical (unpaired) electrons. The highest BCUT2D eigenvalue weighted by Gasteiger charge is 2.25. The van der Waals surface area contributed by atoms with Crippen molar-refractivity contribution in [3.63, 3.8) is 0 Å². The topological polar surface area (TPSA) is 44.8 Å². The summed E-state index contributed by atoms with van der Waals surface area (Å²) in [5, 5.41) is 3.08. The first kappa shape index (κ1) is 15.8. The molecule has 1 atom stereocenters. The van der Waals surface area contributed by atoms with Gasteiger partial charge in [0.2, 0.25) is 0 Å². The van der Waals surface area contributed by atoms with Gasteiger partial charge in [-0.3, -0.25) is 4.90 Å². The largest absolute Gasteiger partial charge is 0.383 e. The molecule has 1 unspecified atom stereocenters. The molecule has 2 heterocycles. The zero-order valence-corrected chi connectivity index (χ0v) is 13.7. The highest BCUT2D eigenvalue weighted by atomic mass is 79.9. The predicted octanol–water partition coefficient (Wildman–Crippen LogP) is 1.79. The molecule has 0 saturated carbocycles. The second-order valence-corrected chi connectivity index (χ2v) is 6.39. The first-order valence-electron chi connectivity index (χ1n) is 7.31. The molecule has 0 aromatic rings. The Morgan fingerprint density at radius 2 is 2.40 bits per heavy atom. The number of methoxy groups -OCH3 is 1. The fourth-order valence-electron chi connectivity index (χ4n) is 2.82. The van der Waals surface area contributed by atoms with Crippen LogP contribution in [0, 0.1) is 0 Å². The van der Waals surface area contributed by atoms with Crippen LogP contribution in [0.25, 0.3) is 0 Å². The minimum Gasteiger partial charge on any atom is -0.383 e. The van der Waals surface area contributed by atoms with Crippen LogP contribution in [0.2, 0.25) is 0 Å². The van der Waals surface area contributed by atoms with Gasteiger partial charge in [-0.15, -0.1) is 0 Å². The van der Waals surface area contributed by atoms with Crippen LogP contribution in [0.4, 0.5) is 4.79 Å². The third-order valence-electron chi connectivity index (χ3n) is 3.96. The van der Waals surface area contributed by atoms with Crippen LogP contribution in [0.5, 0.6) is 0 Å². The lowest BCUT2D eigenvalue weighted by atomic mass is 10.2. The van der Waals surface area contributed by atoms with Crippen LogP contribution in [-0.4, -0.2) is 68.3 Å². The summed E-state index contributed by atoms with van der Waals surface area (Å²) in [5.74, 6) is 0. The number of rotatable bonds is 5. The van der Waals surface area contributed by atoms with Crippen molar-refractivity contribution < 1.29 is 9.53 Å². The Kier molecular flexibility index (Phi) is 6.32. The lowest BCUT2D eigenvalue weighted by molar-refractivity contribution is 0.139. The van der Waals surface area contributed by atoms with Crippen molar-refractivity contribution in [2.24, 2.45) is 0 Å². The number of likely N-dealkylation sites (tertiary alicyclic amines) is 1. The Balaban J connectivity index is 1.73. The normalized spacial score (nSPS) is 23.8. The molecule has 114 valence electrons. The Morgan fingerprint density at radius 3 is 3.15 bits per heavy atom. The number of halogens is 1.